The summed E-state index contributed by atoms with van der Waals surface area (Å²) in [6.07, 6.45) is 6.33. The van der Waals surface area contributed by atoms with E-state index in [4.69, 9.17) is 16.3 Å². The smallest absolute Gasteiger partial charge is 0.337 e. The fraction of sp³-hybridized carbons (Fsp3) is 0.286. The Bertz CT molecular complexity index is 534. The van der Waals surface area contributed by atoms with Gasteiger partial charge in [0.25, 0.3) is 0 Å². The molecular weight excluding hydrogens is 260 g/mol. The van der Waals surface area contributed by atoms with Crippen LogP contribution in [0.5, 0.6) is 5.75 Å². The number of benzene rings is 1. The van der Waals surface area contributed by atoms with E-state index >= 15 is 0 Å². The molecule has 0 aliphatic carbocycles. The molecule has 0 aliphatic rings. The molecule has 0 aliphatic heterocycles. The monoisotopic (exact) mass is 276 g/mol. The van der Waals surface area contributed by atoms with Gasteiger partial charge in [-0.15, -0.1) is 12.3 Å². The van der Waals surface area contributed by atoms with Gasteiger partial charge in [0.2, 0.25) is 0 Å². The molecule has 0 unspecified atom stereocenters. The fourth-order valence-corrected chi connectivity index (χ4v) is 1.50. The average Bonchev–Trinajstić information content (AvgIpc) is 2.43. The number of anilines is 1. The van der Waals surface area contributed by atoms with E-state index in [9.17, 15) is 9.59 Å². The largest absolute Gasteiger partial charge is 0.497 e. The molecule has 1 aromatic rings. The lowest BCUT2D eigenvalue weighted by atomic mass is 10.1. The molecule has 0 fully saturated rings. The number of terminal acetylenes is 1. The highest BCUT2D eigenvalue weighted by atomic mass is 16.5. The second kappa shape index (κ2) is 7.69. The Morgan fingerprint density at radius 2 is 2.20 bits per heavy atom. The van der Waals surface area contributed by atoms with Crippen molar-refractivity contribution in [3.63, 3.8) is 0 Å². The van der Waals surface area contributed by atoms with Crippen molar-refractivity contribution in [1.29, 1.82) is 0 Å². The van der Waals surface area contributed by atoms with Crippen LogP contribution in [0.15, 0.2) is 18.2 Å². The molecule has 1 rings (SSSR count). The minimum Gasteiger partial charge on any atom is -0.497 e. The third-order valence-corrected chi connectivity index (χ3v) is 2.49. The van der Waals surface area contributed by atoms with Crippen LogP contribution in [0.1, 0.15) is 23.2 Å². The molecule has 0 heterocycles. The molecule has 106 valence electrons. The first-order valence-electron chi connectivity index (χ1n) is 5.98. The SMILES string of the molecule is C#CCCCNC(=O)Nc1ccc(OC)cc1C(=O)O. The van der Waals surface area contributed by atoms with Gasteiger partial charge in [-0.05, 0) is 24.6 Å². The molecule has 6 nitrogen and oxygen atoms in total. The number of methoxy groups -OCH3 is 1. The van der Waals surface area contributed by atoms with Gasteiger partial charge in [0.15, 0.2) is 0 Å². The normalized spacial score (nSPS) is 9.40. The van der Waals surface area contributed by atoms with Crippen LogP contribution >= 0.6 is 0 Å². The highest BCUT2D eigenvalue weighted by Gasteiger charge is 2.13. The van der Waals surface area contributed by atoms with Gasteiger partial charge in [-0.1, -0.05) is 0 Å². The van der Waals surface area contributed by atoms with E-state index in [1.165, 1.54) is 19.2 Å². The maximum absolute atomic E-state index is 11.6. The lowest BCUT2D eigenvalue weighted by Gasteiger charge is -2.10. The fourth-order valence-electron chi connectivity index (χ4n) is 1.50. The maximum Gasteiger partial charge on any atom is 0.337 e. The number of unbranched alkanes of at least 4 members (excludes halogenated alkanes) is 1. The molecule has 6 heteroatoms. The van der Waals surface area contributed by atoms with E-state index in [1.807, 2.05) is 0 Å². The summed E-state index contributed by atoms with van der Waals surface area (Å²) in [5, 5.41) is 14.2. The Hall–Kier alpha value is -2.68. The molecule has 20 heavy (non-hydrogen) atoms. The van der Waals surface area contributed by atoms with E-state index in [-0.39, 0.29) is 11.3 Å². The number of carboxylic acids is 1. The lowest BCUT2D eigenvalue weighted by Crippen LogP contribution is -2.30. The number of hydrogen-bond acceptors (Lipinski definition) is 3. The third kappa shape index (κ3) is 4.53. The van der Waals surface area contributed by atoms with E-state index in [2.05, 4.69) is 16.6 Å². The van der Waals surface area contributed by atoms with Crippen molar-refractivity contribution in [3.05, 3.63) is 23.8 Å². The van der Waals surface area contributed by atoms with Crippen molar-refractivity contribution in [2.45, 2.75) is 12.8 Å². The minimum atomic E-state index is -1.15. The summed E-state index contributed by atoms with van der Waals surface area (Å²) in [6, 6.07) is 3.91. The number of carbonyl (C=O) groups is 2. The summed E-state index contributed by atoms with van der Waals surface area (Å²) in [4.78, 5) is 22.7. The number of carboxylic acid groups (broad SMARTS) is 1. The van der Waals surface area contributed by atoms with Crippen molar-refractivity contribution >= 4 is 17.7 Å². The molecule has 0 atom stereocenters. The van der Waals surface area contributed by atoms with Gasteiger partial charge in [0, 0.05) is 13.0 Å². The highest BCUT2D eigenvalue weighted by molar-refractivity contribution is 6.00. The molecule has 0 saturated heterocycles. The second-order valence-corrected chi connectivity index (χ2v) is 3.91. The van der Waals surface area contributed by atoms with Gasteiger partial charge in [0.1, 0.15) is 5.75 Å². The average molecular weight is 276 g/mol. The van der Waals surface area contributed by atoms with Crippen LogP contribution in [0.2, 0.25) is 0 Å². The molecule has 0 aromatic heterocycles. The van der Waals surface area contributed by atoms with Crippen LogP contribution in [0, 0.1) is 12.3 Å². The van der Waals surface area contributed by atoms with Crippen LogP contribution < -0.4 is 15.4 Å². The number of carbonyl (C=O) groups excluding carboxylic acids is 1. The van der Waals surface area contributed by atoms with Gasteiger partial charge in [0.05, 0.1) is 18.4 Å². The van der Waals surface area contributed by atoms with E-state index < -0.39 is 12.0 Å². The number of rotatable bonds is 6. The first kappa shape index (κ1) is 15.4. The topological polar surface area (TPSA) is 87.7 Å². The molecule has 0 radical (unpaired) electrons. The zero-order valence-electron chi connectivity index (χ0n) is 11.1. The zero-order valence-corrected chi connectivity index (χ0v) is 11.1. The number of urea groups is 1. The summed E-state index contributed by atoms with van der Waals surface area (Å²) in [5.41, 5.74) is 0.163. The van der Waals surface area contributed by atoms with E-state index in [0.29, 0.717) is 25.1 Å². The number of nitrogens with one attached hydrogen (secondary N) is 2. The minimum absolute atomic E-state index is 0.0388. The Kier molecular flexibility index (Phi) is 5.91. The molecular formula is C14H16N2O4. The van der Waals surface area contributed by atoms with Gasteiger partial charge in [-0.3, -0.25) is 0 Å². The van der Waals surface area contributed by atoms with Crippen LogP contribution in [-0.4, -0.2) is 30.8 Å². The molecule has 0 spiro atoms. The Balaban J connectivity index is 2.69. The molecule has 3 N–H and O–H groups in total. The second-order valence-electron chi connectivity index (χ2n) is 3.91. The number of amides is 2. The van der Waals surface area contributed by atoms with Gasteiger partial charge in [-0.2, -0.15) is 0 Å². The Morgan fingerprint density at radius 3 is 2.80 bits per heavy atom. The highest BCUT2D eigenvalue weighted by Crippen LogP contribution is 2.22. The summed E-state index contributed by atoms with van der Waals surface area (Å²) in [7, 11) is 1.44. The van der Waals surface area contributed by atoms with Crippen LogP contribution in [0.3, 0.4) is 0 Å². The van der Waals surface area contributed by atoms with Crippen molar-refractivity contribution in [1.82, 2.24) is 5.32 Å². The first-order chi connectivity index (χ1) is 9.58. The van der Waals surface area contributed by atoms with Crippen molar-refractivity contribution < 1.29 is 19.4 Å². The van der Waals surface area contributed by atoms with E-state index in [0.717, 1.165) is 0 Å². The third-order valence-electron chi connectivity index (χ3n) is 2.49. The van der Waals surface area contributed by atoms with Crippen LogP contribution in [0.25, 0.3) is 0 Å². The Morgan fingerprint density at radius 1 is 1.45 bits per heavy atom. The predicted octanol–water partition coefficient (Wildman–Crippen LogP) is 1.93. The van der Waals surface area contributed by atoms with Crippen molar-refractivity contribution in [3.8, 4) is 18.1 Å². The van der Waals surface area contributed by atoms with Crippen molar-refractivity contribution in [2.75, 3.05) is 19.0 Å². The number of hydrogen-bond donors (Lipinski definition) is 3. The Labute approximate surface area is 117 Å². The molecule has 0 bridgehead atoms. The molecule has 2 amide bonds. The van der Waals surface area contributed by atoms with Crippen molar-refractivity contribution in [2.24, 2.45) is 0 Å². The van der Waals surface area contributed by atoms with Gasteiger partial charge in [-0.25, -0.2) is 9.59 Å². The summed E-state index contributed by atoms with van der Waals surface area (Å²) >= 11 is 0. The first-order valence-corrected chi connectivity index (χ1v) is 5.98. The van der Waals surface area contributed by atoms with Gasteiger partial charge >= 0.3 is 12.0 Å². The summed E-state index contributed by atoms with van der Waals surface area (Å²) < 4.78 is 4.95. The lowest BCUT2D eigenvalue weighted by molar-refractivity contribution is 0.0697. The molecule has 1 aromatic carbocycles. The zero-order chi connectivity index (χ0) is 15.0. The number of ether oxygens (including phenoxy) is 1. The predicted molar refractivity (Wildman–Crippen MR) is 75.0 cm³/mol. The summed E-state index contributed by atoms with van der Waals surface area (Å²) in [6.45, 7) is 0.425. The quantitative estimate of drug-likeness (QED) is 0.547. The summed E-state index contributed by atoms with van der Waals surface area (Å²) in [5.74, 6) is 1.72. The van der Waals surface area contributed by atoms with E-state index in [1.54, 1.807) is 6.07 Å². The van der Waals surface area contributed by atoms with Crippen LogP contribution in [-0.2, 0) is 0 Å². The molecule has 0 saturated carbocycles. The number of aromatic carboxylic acids is 1. The van der Waals surface area contributed by atoms with Crippen LogP contribution in [0.4, 0.5) is 10.5 Å². The standard InChI is InChI=1S/C14H16N2O4/c1-3-4-5-8-15-14(19)16-12-7-6-10(20-2)9-11(12)13(17)18/h1,6-7,9H,4-5,8H2,2H3,(H,17,18)(H2,15,16,19). The maximum atomic E-state index is 11.6. The van der Waals surface area contributed by atoms with Gasteiger partial charge < -0.3 is 20.5 Å².